The van der Waals surface area contributed by atoms with Crippen LogP contribution >= 0.6 is 11.6 Å². The second kappa shape index (κ2) is 5.01. The Morgan fingerprint density at radius 2 is 1.94 bits per heavy atom. The van der Waals surface area contributed by atoms with Crippen molar-refractivity contribution in [1.29, 1.82) is 0 Å². The second-order valence-electron chi connectivity index (χ2n) is 3.48. The summed E-state index contributed by atoms with van der Waals surface area (Å²) in [5.74, 6) is -1.27. The van der Waals surface area contributed by atoms with Crippen molar-refractivity contribution < 1.29 is 9.18 Å². The zero-order valence-electron chi connectivity index (χ0n) is 9.04. The van der Waals surface area contributed by atoms with E-state index in [-0.39, 0.29) is 22.0 Å². The molecule has 1 aromatic carbocycles. The Labute approximate surface area is 106 Å². The number of rotatable bonds is 2. The van der Waals surface area contributed by atoms with Gasteiger partial charge in [0.1, 0.15) is 11.6 Å². The average molecular weight is 267 g/mol. The van der Waals surface area contributed by atoms with Crippen LogP contribution in [0.3, 0.4) is 0 Å². The Morgan fingerprint density at radius 3 is 2.61 bits per heavy atom. The third-order valence-corrected chi connectivity index (χ3v) is 2.52. The Balaban J connectivity index is 2.30. The molecule has 18 heavy (non-hydrogen) atoms. The summed E-state index contributed by atoms with van der Waals surface area (Å²) in [6, 6.07) is 8.19. The van der Waals surface area contributed by atoms with Gasteiger partial charge in [-0.05, 0) is 18.2 Å². The number of halogens is 2. The molecule has 0 fully saturated rings. The normalized spacial score (nSPS) is 10.1. The molecule has 4 nitrogen and oxygen atoms in total. The van der Waals surface area contributed by atoms with Crippen LogP contribution in [0.15, 0.2) is 41.2 Å². The molecule has 6 heteroatoms. The third-order valence-electron chi connectivity index (χ3n) is 2.21. The maximum Gasteiger partial charge on any atom is 0.261 e. The predicted molar refractivity (Wildman–Crippen MR) is 66.4 cm³/mol. The average Bonchev–Trinajstić information content (AvgIpc) is 2.28. The summed E-state index contributed by atoms with van der Waals surface area (Å²) in [6.07, 6.45) is 0. The lowest BCUT2D eigenvalue weighted by Gasteiger charge is -2.07. The molecule has 2 rings (SSSR count). The summed E-state index contributed by atoms with van der Waals surface area (Å²) in [4.78, 5) is 25.2. The van der Waals surface area contributed by atoms with Crippen LogP contribution in [0.1, 0.15) is 10.4 Å². The Hall–Kier alpha value is -2.14. The highest BCUT2D eigenvalue weighted by Crippen LogP contribution is 2.19. The van der Waals surface area contributed by atoms with Crippen LogP contribution in [-0.4, -0.2) is 10.9 Å². The second-order valence-corrected chi connectivity index (χ2v) is 3.89. The topological polar surface area (TPSA) is 62.0 Å². The molecule has 92 valence electrons. The number of nitrogens with one attached hydrogen (secondary N) is 2. The van der Waals surface area contributed by atoms with Crippen LogP contribution in [0.25, 0.3) is 0 Å². The van der Waals surface area contributed by atoms with Gasteiger partial charge in [0.25, 0.3) is 5.91 Å². The van der Waals surface area contributed by atoms with Gasteiger partial charge in [-0.1, -0.05) is 23.7 Å². The van der Waals surface area contributed by atoms with Crippen molar-refractivity contribution in [1.82, 2.24) is 4.98 Å². The number of H-pyrrole nitrogens is 1. The molecule has 0 unspecified atom stereocenters. The number of carbonyl (C=O) groups is 1. The first kappa shape index (κ1) is 12.3. The lowest BCUT2D eigenvalue weighted by atomic mass is 10.2. The number of hydrogen-bond acceptors (Lipinski definition) is 2. The van der Waals surface area contributed by atoms with Crippen molar-refractivity contribution in [2.45, 2.75) is 0 Å². The standard InChI is InChI=1S/C12H8ClFN2O2/c13-7-3-1-4-8(14)11(7)12(18)16-9-5-2-6-10(17)15-9/h1-6H,(H2,15,16,17,18). The fourth-order valence-corrected chi connectivity index (χ4v) is 1.67. The highest BCUT2D eigenvalue weighted by Gasteiger charge is 2.15. The van der Waals surface area contributed by atoms with Crippen molar-refractivity contribution in [2.24, 2.45) is 0 Å². The van der Waals surface area contributed by atoms with Crippen LogP contribution in [0, 0.1) is 5.82 Å². The van der Waals surface area contributed by atoms with Gasteiger partial charge in [-0.3, -0.25) is 9.59 Å². The van der Waals surface area contributed by atoms with Crippen molar-refractivity contribution in [3.8, 4) is 0 Å². The van der Waals surface area contributed by atoms with E-state index in [9.17, 15) is 14.0 Å². The highest BCUT2D eigenvalue weighted by molar-refractivity contribution is 6.34. The fourth-order valence-electron chi connectivity index (χ4n) is 1.42. The van der Waals surface area contributed by atoms with E-state index in [1.165, 1.54) is 30.3 Å². The summed E-state index contributed by atoms with van der Waals surface area (Å²) >= 11 is 5.75. The van der Waals surface area contributed by atoms with Crippen LogP contribution in [0.4, 0.5) is 10.2 Å². The van der Waals surface area contributed by atoms with E-state index in [1.807, 2.05) is 0 Å². The molecule has 0 aliphatic heterocycles. The van der Waals surface area contributed by atoms with E-state index in [2.05, 4.69) is 10.3 Å². The van der Waals surface area contributed by atoms with Gasteiger partial charge in [-0.2, -0.15) is 0 Å². The molecule has 0 spiro atoms. The quantitative estimate of drug-likeness (QED) is 0.877. The molecule has 0 atom stereocenters. The minimum atomic E-state index is -0.724. The van der Waals surface area contributed by atoms with Crippen molar-refractivity contribution in [3.63, 3.8) is 0 Å². The molecule has 1 heterocycles. The summed E-state index contributed by atoms with van der Waals surface area (Å²) < 4.78 is 13.5. The minimum absolute atomic E-state index is 0.00535. The molecule has 2 N–H and O–H groups in total. The molecule has 0 aliphatic rings. The molecule has 0 saturated heterocycles. The van der Waals surface area contributed by atoms with E-state index in [0.717, 1.165) is 6.07 Å². The number of aromatic nitrogens is 1. The van der Waals surface area contributed by atoms with Crippen LogP contribution < -0.4 is 10.9 Å². The molecule has 0 aliphatic carbocycles. The first-order valence-corrected chi connectivity index (χ1v) is 5.40. The zero-order valence-corrected chi connectivity index (χ0v) is 9.79. The van der Waals surface area contributed by atoms with E-state index in [4.69, 9.17) is 11.6 Å². The maximum absolute atomic E-state index is 13.5. The summed E-state index contributed by atoms with van der Waals surface area (Å²) in [6.45, 7) is 0. The molecule has 0 saturated carbocycles. The molecule has 2 aromatic rings. The van der Waals surface area contributed by atoms with Gasteiger partial charge in [0.2, 0.25) is 5.56 Å². The number of benzene rings is 1. The number of pyridine rings is 1. The molecule has 0 radical (unpaired) electrons. The van der Waals surface area contributed by atoms with E-state index in [1.54, 1.807) is 0 Å². The summed E-state index contributed by atoms with van der Waals surface area (Å²) in [7, 11) is 0. The van der Waals surface area contributed by atoms with Crippen molar-refractivity contribution in [2.75, 3.05) is 5.32 Å². The lowest BCUT2D eigenvalue weighted by molar-refractivity contribution is 0.102. The predicted octanol–water partition coefficient (Wildman–Crippen LogP) is 2.42. The van der Waals surface area contributed by atoms with E-state index >= 15 is 0 Å². The van der Waals surface area contributed by atoms with Crippen LogP contribution in [-0.2, 0) is 0 Å². The highest BCUT2D eigenvalue weighted by atomic mass is 35.5. The third kappa shape index (κ3) is 2.57. The number of aromatic amines is 1. The zero-order chi connectivity index (χ0) is 13.1. The maximum atomic E-state index is 13.5. The lowest BCUT2D eigenvalue weighted by Crippen LogP contribution is -2.17. The smallest absolute Gasteiger partial charge is 0.261 e. The minimum Gasteiger partial charge on any atom is -0.309 e. The van der Waals surface area contributed by atoms with Gasteiger partial charge >= 0.3 is 0 Å². The van der Waals surface area contributed by atoms with Gasteiger partial charge < -0.3 is 10.3 Å². The molecular formula is C12H8ClFN2O2. The summed E-state index contributed by atoms with van der Waals surface area (Å²) in [5, 5.41) is 2.37. The van der Waals surface area contributed by atoms with Crippen molar-refractivity contribution >= 4 is 23.3 Å². The van der Waals surface area contributed by atoms with Gasteiger partial charge in [0.05, 0.1) is 10.6 Å². The van der Waals surface area contributed by atoms with Crippen LogP contribution in [0.5, 0.6) is 0 Å². The van der Waals surface area contributed by atoms with Gasteiger partial charge in [0.15, 0.2) is 0 Å². The Morgan fingerprint density at radius 1 is 1.22 bits per heavy atom. The summed E-state index contributed by atoms with van der Waals surface area (Å²) in [5.41, 5.74) is -0.628. The first-order chi connectivity index (χ1) is 8.58. The molecule has 0 bridgehead atoms. The van der Waals surface area contributed by atoms with Gasteiger partial charge in [-0.15, -0.1) is 0 Å². The largest absolute Gasteiger partial charge is 0.309 e. The first-order valence-electron chi connectivity index (χ1n) is 5.02. The molecular weight excluding hydrogens is 259 g/mol. The monoisotopic (exact) mass is 266 g/mol. The number of carbonyl (C=O) groups excluding carboxylic acids is 1. The Kier molecular flexibility index (Phi) is 3.43. The number of anilines is 1. The SMILES string of the molecule is O=C(Nc1cccc(=O)[nH]1)c1c(F)cccc1Cl. The number of amides is 1. The Bertz CT molecular complexity index is 634. The number of hydrogen-bond donors (Lipinski definition) is 2. The van der Waals surface area contributed by atoms with Gasteiger partial charge in [0, 0.05) is 6.07 Å². The van der Waals surface area contributed by atoms with E-state index in [0.29, 0.717) is 0 Å². The van der Waals surface area contributed by atoms with Gasteiger partial charge in [-0.25, -0.2) is 4.39 Å². The molecule has 1 aromatic heterocycles. The fraction of sp³-hybridized carbons (Fsp3) is 0. The molecule has 1 amide bonds. The van der Waals surface area contributed by atoms with Crippen LogP contribution in [0.2, 0.25) is 5.02 Å². The van der Waals surface area contributed by atoms with Crippen molar-refractivity contribution in [3.05, 3.63) is 63.2 Å². The van der Waals surface area contributed by atoms with E-state index < -0.39 is 11.7 Å².